The third-order valence-electron chi connectivity index (χ3n) is 2.64. The first-order chi connectivity index (χ1) is 4.38. The molecular formula is C7H14N2. The monoisotopic (exact) mass is 126 g/mol. The van der Waals surface area contributed by atoms with Gasteiger partial charge in [0.05, 0.1) is 6.17 Å². The van der Waals surface area contributed by atoms with Crippen molar-refractivity contribution in [2.45, 2.75) is 19.0 Å². The van der Waals surface area contributed by atoms with Crippen LogP contribution < -0.4 is 5.32 Å². The molecule has 0 aromatic heterocycles. The molecule has 2 atom stereocenters. The lowest BCUT2D eigenvalue weighted by atomic mass is 10.1. The standard InChI is InChI=1S/C7H14N2/c1-9-5-3-6-2-4-8-7(6)9/h6-8H,2-5H2,1H3. The second-order valence-corrected chi connectivity index (χ2v) is 3.22. The molecule has 0 saturated carbocycles. The van der Waals surface area contributed by atoms with Crippen molar-refractivity contribution in [3.8, 4) is 0 Å². The van der Waals surface area contributed by atoms with E-state index in [1.807, 2.05) is 0 Å². The highest BCUT2D eigenvalue weighted by Crippen LogP contribution is 2.27. The third-order valence-corrected chi connectivity index (χ3v) is 2.64. The number of likely N-dealkylation sites (tertiary alicyclic amines) is 1. The van der Waals surface area contributed by atoms with E-state index < -0.39 is 0 Å². The van der Waals surface area contributed by atoms with Crippen LogP contribution in [0.4, 0.5) is 0 Å². The summed E-state index contributed by atoms with van der Waals surface area (Å²) < 4.78 is 0. The molecule has 9 heavy (non-hydrogen) atoms. The maximum absolute atomic E-state index is 3.49. The van der Waals surface area contributed by atoms with Crippen LogP contribution in [0.25, 0.3) is 0 Å². The van der Waals surface area contributed by atoms with Gasteiger partial charge < -0.3 is 5.32 Å². The van der Waals surface area contributed by atoms with Crippen molar-refractivity contribution in [2.75, 3.05) is 20.1 Å². The van der Waals surface area contributed by atoms with Gasteiger partial charge in [-0.1, -0.05) is 0 Å². The summed E-state index contributed by atoms with van der Waals surface area (Å²) in [5, 5.41) is 3.49. The van der Waals surface area contributed by atoms with E-state index in [1.165, 1.54) is 25.9 Å². The van der Waals surface area contributed by atoms with E-state index in [0.717, 1.165) is 12.1 Å². The molecule has 2 saturated heterocycles. The molecule has 2 unspecified atom stereocenters. The van der Waals surface area contributed by atoms with Gasteiger partial charge in [-0.3, -0.25) is 4.90 Å². The van der Waals surface area contributed by atoms with Crippen LogP contribution in [0, 0.1) is 5.92 Å². The molecule has 52 valence electrons. The lowest BCUT2D eigenvalue weighted by Crippen LogP contribution is -2.36. The van der Waals surface area contributed by atoms with Gasteiger partial charge in [0.2, 0.25) is 0 Å². The van der Waals surface area contributed by atoms with Crippen molar-refractivity contribution in [1.29, 1.82) is 0 Å². The summed E-state index contributed by atoms with van der Waals surface area (Å²) in [7, 11) is 2.21. The average molecular weight is 126 g/mol. The fourth-order valence-corrected chi connectivity index (χ4v) is 2.07. The van der Waals surface area contributed by atoms with Crippen molar-refractivity contribution >= 4 is 0 Å². The Kier molecular flexibility index (Phi) is 1.24. The number of fused-ring (bicyclic) bond motifs is 1. The van der Waals surface area contributed by atoms with Gasteiger partial charge >= 0.3 is 0 Å². The highest BCUT2D eigenvalue weighted by molar-refractivity contribution is 4.88. The van der Waals surface area contributed by atoms with Gasteiger partial charge in [0.25, 0.3) is 0 Å². The van der Waals surface area contributed by atoms with Crippen LogP contribution >= 0.6 is 0 Å². The summed E-state index contributed by atoms with van der Waals surface area (Å²) in [5.74, 6) is 0.968. The first-order valence-corrected chi connectivity index (χ1v) is 3.81. The van der Waals surface area contributed by atoms with Crippen LogP contribution in [0.1, 0.15) is 12.8 Å². The van der Waals surface area contributed by atoms with Crippen molar-refractivity contribution in [3.63, 3.8) is 0 Å². The number of nitrogens with zero attached hydrogens (tertiary/aromatic N) is 1. The molecule has 0 amide bonds. The Morgan fingerprint density at radius 3 is 3.11 bits per heavy atom. The molecule has 2 aliphatic rings. The van der Waals surface area contributed by atoms with Gasteiger partial charge in [-0.25, -0.2) is 0 Å². The molecule has 2 heterocycles. The Labute approximate surface area is 56.2 Å². The van der Waals surface area contributed by atoms with E-state index in [4.69, 9.17) is 0 Å². The predicted molar refractivity (Wildman–Crippen MR) is 37.1 cm³/mol. The first kappa shape index (κ1) is 5.69. The van der Waals surface area contributed by atoms with Crippen molar-refractivity contribution in [2.24, 2.45) is 5.92 Å². The Morgan fingerprint density at radius 1 is 1.44 bits per heavy atom. The second-order valence-electron chi connectivity index (χ2n) is 3.22. The van der Waals surface area contributed by atoms with Crippen molar-refractivity contribution < 1.29 is 0 Å². The van der Waals surface area contributed by atoms with Crippen LogP contribution in [-0.2, 0) is 0 Å². The highest BCUT2D eigenvalue weighted by Gasteiger charge is 2.34. The lowest BCUT2D eigenvalue weighted by Gasteiger charge is -2.17. The maximum atomic E-state index is 3.49. The minimum Gasteiger partial charge on any atom is -0.301 e. The minimum atomic E-state index is 0.727. The molecule has 0 bridgehead atoms. The smallest absolute Gasteiger partial charge is 0.0624 e. The molecular weight excluding hydrogens is 112 g/mol. The molecule has 0 aromatic rings. The van der Waals surface area contributed by atoms with Gasteiger partial charge in [-0.05, 0) is 38.9 Å². The van der Waals surface area contributed by atoms with Crippen molar-refractivity contribution in [1.82, 2.24) is 10.2 Å². The number of rotatable bonds is 0. The van der Waals surface area contributed by atoms with Crippen molar-refractivity contribution in [3.05, 3.63) is 0 Å². The summed E-state index contributed by atoms with van der Waals surface area (Å²) in [4.78, 5) is 2.43. The van der Waals surface area contributed by atoms with E-state index in [9.17, 15) is 0 Å². The highest BCUT2D eigenvalue weighted by atomic mass is 15.3. The predicted octanol–water partition coefficient (Wildman–Crippen LogP) is 0.257. The van der Waals surface area contributed by atoms with Crippen LogP contribution in [0.5, 0.6) is 0 Å². The molecule has 0 radical (unpaired) electrons. The molecule has 2 aliphatic heterocycles. The molecule has 0 aliphatic carbocycles. The summed E-state index contributed by atoms with van der Waals surface area (Å²) in [5.41, 5.74) is 0. The Hall–Kier alpha value is -0.0800. The van der Waals surface area contributed by atoms with Gasteiger partial charge in [0.15, 0.2) is 0 Å². The number of hydrogen-bond donors (Lipinski definition) is 1. The van der Waals surface area contributed by atoms with Crippen LogP contribution in [-0.4, -0.2) is 31.2 Å². The van der Waals surface area contributed by atoms with E-state index in [1.54, 1.807) is 0 Å². The van der Waals surface area contributed by atoms with E-state index >= 15 is 0 Å². The van der Waals surface area contributed by atoms with Gasteiger partial charge in [-0.2, -0.15) is 0 Å². The topological polar surface area (TPSA) is 15.3 Å². The molecule has 2 heteroatoms. The SMILES string of the molecule is CN1CCC2CCNC21. The third kappa shape index (κ3) is 0.775. The zero-order valence-electron chi connectivity index (χ0n) is 5.93. The minimum absolute atomic E-state index is 0.727. The second kappa shape index (κ2) is 1.96. The maximum Gasteiger partial charge on any atom is 0.0624 e. The molecule has 2 nitrogen and oxygen atoms in total. The van der Waals surface area contributed by atoms with Crippen LogP contribution in [0.3, 0.4) is 0 Å². The average Bonchev–Trinajstić information content (AvgIpc) is 2.35. The van der Waals surface area contributed by atoms with Gasteiger partial charge in [0.1, 0.15) is 0 Å². The first-order valence-electron chi connectivity index (χ1n) is 3.81. The van der Waals surface area contributed by atoms with Gasteiger partial charge in [-0.15, -0.1) is 0 Å². The Morgan fingerprint density at radius 2 is 2.33 bits per heavy atom. The zero-order valence-corrected chi connectivity index (χ0v) is 5.93. The van der Waals surface area contributed by atoms with Gasteiger partial charge in [0, 0.05) is 0 Å². The molecule has 0 aromatic carbocycles. The van der Waals surface area contributed by atoms with E-state index in [-0.39, 0.29) is 0 Å². The van der Waals surface area contributed by atoms with E-state index in [0.29, 0.717) is 0 Å². The summed E-state index contributed by atoms with van der Waals surface area (Å²) >= 11 is 0. The fourth-order valence-electron chi connectivity index (χ4n) is 2.07. The number of hydrogen-bond acceptors (Lipinski definition) is 2. The molecule has 1 N–H and O–H groups in total. The zero-order chi connectivity index (χ0) is 6.27. The summed E-state index contributed by atoms with van der Waals surface area (Å²) in [6, 6.07) is 0. The van der Waals surface area contributed by atoms with Crippen LogP contribution in [0.2, 0.25) is 0 Å². The normalized spacial score (nSPS) is 43.7. The number of nitrogens with one attached hydrogen (secondary N) is 1. The van der Waals surface area contributed by atoms with Crippen LogP contribution in [0.15, 0.2) is 0 Å². The lowest BCUT2D eigenvalue weighted by molar-refractivity contribution is 0.269. The largest absolute Gasteiger partial charge is 0.301 e. The van der Waals surface area contributed by atoms with E-state index in [2.05, 4.69) is 17.3 Å². The Bertz CT molecular complexity index is 113. The summed E-state index contributed by atoms with van der Waals surface area (Å²) in [6.07, 6.45) is 3.54. The molecule has 2 fully saturated rings. The Balaban J connectivity index is 2.07. The molecule has 0 spiro atoms. The molecule has 2 rings (SSSR count). The summed E-state index contributed by atoms with van der Waals surface area (Å²) in [6.45, 7) is 2.53. The quantitative estimate of drug-likeness (QED) is 0.501. The fraction of sp³-hybridized carbons (Fsp3) is 1.00.